The van der Waals surface area contributed by atoms with Crippen molar-refractivity contribution < 1.29 is 44.2 Å². The zero-order valence-corrected chi connectivity index (χ0v) is 21.5. The minimum atomic E-state index is -4.97. The van der Waals surface area contributed by atoms with Crippen LogP contribution in [0.3, 0.4) is 0 Å². The summed E-state index contributed by atoms with van der Waals surface area (Å²) in [5.74, 6) is 0.00195. The van der Waals surface area contributed by atoms with Crippen LogP contribution in [0.1, 0.15) is 49.0 Å². The molecule has 2 aliphatic heterocycles. The van der Waals surface area contributed by atoms with Gasteiger partial charge in [-0.25, -0.2) is 8.42 Å². The van der Waals surface area contributed by atoms with E-state index in [0.29, 0.717) is 31.8 Å². The molecule has 2 heterocycles. The molecule has 38 heavy (non-hydrogen) atoms. The van der Waals surface area contributed by atoms with Gasteiger partial charge in [0, 0.05) is 31.1 Å². The van der Waals surface area contributed by atoms with Crippen LogP contribution in [0.15, 0.2) is 53.8 Å². The molecule has 5 nitrogen and oxygen atoms in total. The van der Waals surface area contributed by atoms with Crippen LogP contribution >= 0.6 is 0 Å². The Bertz CT molecular complexity index is 1170. The Morgan fingerprint density at radius 1 is 1.05 bits per heavy atom. The van der Waals surface area contributed by atoms with Gasteiger partial charge in [0.15, 0.2) is 9.84 Å². The van der Waals surface area contributed by atoms with Gasteiger partial charge in [-0.1, -0.05) is 12.2 Å². The predicted molar refractivity (Wildman–Crippen MR) is 129 cm³/mol. The van der Waals surface area contributed by atoms with E-state index >= 15 is 0 Å². The standard InChI is InChI=1S/C26H29F6NO4S/c1-17(20-13-21(25(27,28)29)15-22(14-20)26(30,31)32)37-24-23(18-5-3-2-4-6-18)19(7-10-36-24)16-33-8-11-38(34,35)12-9-33/h3,5,7,10,13-15,17-18,24H,2,4,6,8-9,11-12,16H2,1H3/t17-,18?,24-/m1/s1. The van der Waals surface area contributed by atoms with E-state index in [0.717, 1.165) is 30.4 Å². The van der Waals surface area contributed by atoms with Crippen molar-refractivity contribution in [1.82, 2.24) is 4.90 Å². The fourth-order valence-electron chi connectivity index (χ4n) is 4.87. The molecule has 4 rings (SSSR count). The highest BCUT2D eigenvalue weighted by Crippen LogP contribution is 2.40. The molecular weight excluding hydrogens is 536 g/mol. The van der Waals surface area contributed by atoms with Gasteiger partial charge in [0.25, 0.3) is 0 Å². The number of sulfone groups is 1. The lowest BCUT2D eigenvalue weighted by molar-refractivity contribution is -0.143. The number of hydrogen-bond acceptors (Lipinski definition) is 5. The third kappa shape index (κ3) is 7.01. The highest BCUT2D eigenvalue weighted by Gasteiger charge is 2.38. The van der Waals surface area contributed by atoms with Crippen molar-refractivity contribution >= 4 is 9.84 Å². The zero-order valence-electron chi connectivity index (χ0n) is 20.7. The van der Waals surface area contributed by atoms with Crippen LogP contribution in [-0.2, 0) is 31.7 Å². The highest BCUT2D eigenvalue weighted by atomic mass is 32.2. The minimum absolute atomic E-state index is 0.0488. The first-order valence-electron chi connectivity index (χ1n) is 12.3. The van der Waals surface area contributed by atoms with Crippen LogP contribution in [0.4, 0.5) is 26.3 Å². The van der Waals surface area contributed by atoms with Crippen molar-refractivity contribution in [1.29, 1.82) is 0 Å². The minimum Gasteiger partial charge on any atom is -0.468 e. The molecular formula is C26H29F6NO4S. The summed E-state index contributed by atoms with van der Waals surface area (Å²) in [7, 11) is -3.07. The molecule has 3 aliphatic rings. The lowest BCUT2D eigenvalue weighted by Crippen LogP contribution is -2.42. The predicted octanol–water partition coefficient (Wildman–Crippen LogP) is 6.06. The van der Waals surface area contributed by atoms with E-state index in [4.69, 9.17) is 9.47 Å². The molecule has 0 radical (unpaired) electrons. The summed E-state index contributed by atoms with van der Waals surface area (Å²) in [6, 6.07) is 1.42. The summed E-state index contributed by atoms with van der Waals surface area (Å²) in [4.78, 5) is 2.00. The molecule has 1 aromatic carbocycles. The fraction of sp³-hybridized carbons (Fsp3) is 0.538. The number of nitrogens with zero attached hydrogens (tertiary/aromatic N) is 1. The average Bonchev–Trinajstić information content (AvgIpc) is 2.84. The topological polar surface area (TPSA) is 55.8 Å². The summed E-state index contributed by atoms with van der Waals surface area (Å²) in [6.45, 7) is 2.54. The van der Waals surface area contributed by atoms with E-state index in [9.17, 15) is 34.8 Å². The molecule has 3 atom stereocenters. The van der Waals surface area contributed by atoms with Gasteiger partial charge in [-0.15, -0.1) is 0 Å². The molecule has 1 aliphatic carbocycles. The van der Waals surface area contributed by atoms with Gasteiger partial charge in [0.1, 0.15) is 0 Å². The summed E-state index contributed by atoms with van der Waals surface area (Å²) in [6.07, 6.45) is -2.36. The largest absolute Gasteiger partial charge is 0.468 e. The number of allylic oxidation sites excluding steroid dienone is 2. The Morgan fingerprint density at radius 2 is 1.68 bits per heavy atom. The van der Waals surface area contributed by atoms with Gasteiger partial charge in [0.2, 0.25) is 6.29 Å². The normalized spacial score (nSPS) is 25.3. The number of benzene rings is 1. The first-order chi connectivity index (χ1) is 17.7. The second kappa shape index (κ2) is 11.1. The molecule has 0 amide bonds. The van der Waals surface area contributed by atoms with E-state index in [1.54, 1.807) is 6.08 Å². The maximum Gasteiger partial charge on any atom is 0.416 e. The molecule has 1 fully saturated rings. The molecule has 0 aromatic heterocycles. The molecule has 1 unspecified atom stereocenters. The van der Waals surface area contributed by atoms with Crippen LogP contribution in [0.5, 0.6) is 0 Å². The third-order valence-corrected chi connectivity index (χ3v) is 8.60. The SMILES string of the molecule is C[C@@H](O[C@H]1OC=CC(CN2CCS(=O)(=O)CC2)=C1C1C=CCCC1)c1cc(C(F)(F)F)cc(C(F)(F)F)c1. The van der Waals surface area contributed by atoms with Crippen LogP contribution in [-0.4, -0.2) is 50.7 Å². The quantitative estimate of drug-likeness (QED) is 0.310. The number of hydrogen-bond donors (Lipinski definition) is 0. The number of halogens is 6. The summed E-state index contributed by atoms with van der Waals surface area (Å²) >= 11 is 0. The average molecular weight is 566 g/mol. The molecule has 1 aromatic rings. The Labute approximate surface area is 217 Å². The van der Waals surface area contributed by atoms with Gasteiger partial charge in [-0.2, -0.15) is 26.3 Å². The summed E-state index contributed by atoms with van der Waals surface area (Å²) < 4.78 is 116. The molecule has 0 N–H and O–H groups in total. The van der Waals surface area contributed by atoms with E-state index in [1.165, 1.54) is 13.2 Å². The van der Waals surface area contributed by atoms with Crippen LogP contribution in [0, 0.1) is 5.92 Å². The molecule has 0 saturated carbocycles. The summed E-state index contributed by atoms with van der Waals surface area (Å²) in [5, 5.41) is 0. The molecule has 210 valence electrons. The van der Waals surface area contributed by atoms with Crippen LogP contribution in [0.2, 0.25) is 0 Å². The van der Waals surface area contributed by atoms with Gasteiger partial charge in [-0.3, -0.25) is 4.90 Å². The van der Waals surface area contributed by atoms with E-state index in [1.807, 2.05) is 17.1 Å². The van der Waals surface area contributed by atoms with E-state index < -0.39 is 45.7 Å². The molecule has 1 saturated heterocycles. The van der Waals surface area contributed by atoms with Gasteiger partial charge >= 0.3 is 12.4 Å². The molecule has 0 bridgehead atoms. The van der Waals surface area contributed by atoms with Crippen molar-refractivity contribution in [2.75, 3.05) is 31.1 Å². The zero-order chi connectivity index (χ0) is 27.7. The van der Waals surface area contributed by atoms with Gasteiger partial charge in [-0.05, 0) is 61.6 Å². The number of ether oxygens (including phenoxy) is 2. The van der Waals surface area contributed by atoms with E-state index in [-0.39, 0.29) is 29.1 Å². The fourth-order valence-corrected chi connectivity index (χ4v) is 6.15. The van der Waals surface area contributed by atoms with Gasteiger partial charge < -0.3 is 9.47 Å². The lowest BCUT2D eigenvalue weighted by Gasteiger charge is -2.35. The van der Waals surface area contributed by atoms with Crippen molar-refractivity contribution in [3.8, 4) is 0 Å². The smallest absolute Gasteiger partial charge is 0.416 e. The first-order valence-corrected chi connectivity index (χ1v) is 14.1. The maximum atomic E-state index is 13.4. The Hall–Kier alpha value is -2.31. The first kappa shape index (κ1) is 28.7. The van der Waals surface area contributed by atoms with Crippen LogP contribution < -0.4 is 0 Å². The number of rotatable bonds is 6. The second-order valence-corrected chi connectivity index (χ2v) is 12.1. The molecule has 12 heteroatoms. The van der Waals surface area contributed by atoms with Crippen molar-refractivity contribution in [3.05, 3.63) is 70.5 Å². The van der Waals surface area contributed by atoms with E-state index in [2.05, 4.69) is 0 Å². The molecule has 0 spiro atoms. The van der Waals surface area contributed by atoms with Crippen molar-refractivity contribution in [2.45, 2.75) is 50.9 Å². The van der Waals surface area contributed by atoms with Crippen molar-refractivity contribution in [3.63, 3.8) is 0 Å². The maximum absolute atomic E-state index is 13.4. The highest BCUT2D eigenvalue weighted by molar-refractivity contribution is 7.91. The van der Waals surface area contributed by atoms with Gasteiger partial charge in [0.05, 0.1) is 35.0 Å². The van der Waals surface area contributed by atoms with Crippen LogP contribution in [0.25, 0.3) is 0 Å². The summed E-state index contributed by atoms with van der Waals surface area (Å²) in [5.41, 5.74) is -1.51. The second-order valence-electron chi connectivity index (χ2n) is 9.76. The monoisotopic (exact) mass is 565 g/mol. The number of alkyl halides is 6. The Morgan fingerprint density at radius 3 is 2.24 bits per heavy atom. The Kier molecular flexibility index (Phi) is 8.34. The Balaban J connectivity index is 1.64. The lowest BCUT2D eigenvalue weighted by atomic mass is 9.85. The van der Waals surface area contributed by atoms with Crippen molar-refractivity contribution in [2.24, 2.45) is 5.92 Å². The third-order valence-electron chi connectivity index (χ3n) is 6.99.